The van der Waals surface area contributed by atoms with E-state index in [0.29, 0.717) is 24.6 Å². The van der Waals surface area contributed by atoms with E-state index in [0.717, 1.165) is 16.8 Å². The standard InChI is InChI=1S/C19H19N5O/c1-14-6-2-3-7-15(14)11-22-19(25)17-10-18(24-13-23-17)21-12-16-8-4-5-9-20-16/h2-10,13H,11-12H2,1H3,(H,22,25)(H,21,23,24). The molecule has 3 rings (SSSR count). The van der Waals surface area contributed by atoms with Gasteiger partial charge in [0.25, 0.3) is 5.91 Å². The van der Waals surface area contributed by atoms with Gasteiger partial charge in [0.15, 0.2) is 0 Å². The van der Waals surface area contributed by atoms with Gasteiger partial charge in [-0.3, -0.25) is 9.78 Å². The quantitative estimate of drug-likeness (QED) is 0.725. The third kappa shape index (κ3) is 4.60. The van der Waals surface area contributed by atoms with Crippen LogP contribution in [0.1, 0.15) is 27.3 Å². The second-order valence-corrected chi connectivity index (χ2v) is 5.57. The number of anilines is 1. The van der Waals surface area contributed by atoms with Crippen molar-refractivity contribution in [3.63, 3.8) is 0 Å². The van der Waals surface area contributed by atoms with Crippen molar-refractivity contribution in [2.45, 2.75) is 20.0 Å². The maximum absolute atomic E-state index is 12.3. The number of hydrogen-bond donors (Lipinski definition) is 2. The molecule has 2 N–H and O–H groups in total. The first kappa shape index (κ1) is 16.6. The van der Waals surface area contributed by atoms with E-state index >= 15 is 0 Å². The average molecular weight is 333 g/mol. The second-order valence-electron chi connectivity index (χ2n) is 5.57. The lowest BCUT2D eigenvalue weighted by Crippen LogP contribution is -2.24. The molecule has 0 atom stereocenters. The molecule has 6 heteroatoms. The first-order valence-corrected chi connectivity index (χ1v) is 8.01. The summed E-state index contributed by atoms with van der Waals surface area (Å²) in [6.45, 7) is 3.01. The molecule has 0 aliphatic carbocycles. The summed E-state index contributed by atoms with van der Waals surface area (Å²) >= 11 is 0. The van der Waals surface area contributed by atoms with Gasteiger partial charge < -0.3 is 10.6 Å². The molecule has 0 spiro atoms. The van der Waals surface area contributed by atoms with Gasteiger partial charge >= 0.3 is 0 Å². The maximum atomic E-state index is 12.3. The van der Waals surface area contributed by atoms with E-state index in [4.69, 9.17) is 0 Å². The van der Waals surface area contributed by atoms with Crippen LogP contribution < -0.4 is 10.6 Å². The van der Waals surface area contributed by atoms with Crippen molar-refractivity contribution in [2.75, 3.05) is 5.32 Å². The molecule has 3 aromatic rings. The topological polar surface area (TPSA) is 79.8 Å². The molecule has 0 aliphatic rings. The molecule has 25 heavy (non-hydrogen) atoms. The zero-order valence-corrected chi connectivity index (χ0v) is 13.9. The lowest BCUT2D eigenvalue weighted by Gasteiger charge is -2.09. The molecule has 0 radical (unpaired) electrons. The number of aromatic nitrogens is 3. The number of hydrogen-bond acceptors (Lipinski definition) is 5. The van der Waals surface area contributed by atoms with E-state index in [1.807, 2.05) is 49.4 Å². The van der Waals surface area contributed by atoms with E-state index in [1.165, 1.54) is 6.33 Å². The highest BCUT2D eigenvalue weighted by molar-refractivity contribution is 5.92. The first-order chi connectivity index (χ1) is 12.2. The summed E-state index contributed by atoms with van der Waals surface area (Å²) in [5.74, 6) is 0.355. The Hall–Kier alpha value is -3.28. The summed E-state index contributed by atoms with van der Waals surface area (Å²) in [6, 6.07) is 15.3. The van der Waals surface area contributed by atoms with Crippen LogP contribution in [0.2, 0.25) is 0 Å². The zero-order valence-electron chi connectivity index (χ0n) is 13.9. The predicted molar refractivity (Wildman–Crippen MR) is 95.9 cm³/mol. The van der Waals surface area contributed by atoms with Crippen molar-refractivity contribution in [1.82, 2.24) is 20.3 Å². The highest BCUT2D eigenvalue weighted by Gasteiger charge is 2.09. The minimum atomic E-state index is -0.230. The third-order valence-corrected chi connectivity index (χ3v) is 3.78. The fourth-order valence-electron chi connectivity index (χ4n) is 2.34. The number of rotatable bonds is 6. The van der Waals surface area contributed by atoms with Gasteiger partial charge in [0.2, 0.25) is 0 Å². The van der Waals surface area contributed by atoms with E-state index in [-0.39, 0.29) is 5.91 Å². The molecule has 126 valence electrons. The van der Waals surface area contributed by atoms with Crippen molar-refractivity contribution in [2.24, 2.45) is 0 Å². The molecule has 2 heterocycles. The lowest BCUT2D eigenvalue weighted by molar-refractivity contribution is 0.0945. The Morgan fingerprint density at radius 2 is 1.84 bits per heavy atom. The number of amides is 1. The molecular weight excluding hydrogens is 314 g/mol. The molecule has 0 saturated heterocycles. The molecule has 1 amide bonds. The fourth-order valence-corrected chi connectivity index (χ4v) is 2.34. The summed E-state index contributed by atoms with van der Waals surface area (Å²) in [7, 11) is 0. The lowest BCUT2D eigenvalue weighted by atomic mass is 10.1. The van der Waals surface area contributed by atoms with Crippen LogP contribution in [-0.2, 0) is 13.1 Å². The molecule has 0 aliphatic heterocycles. The number of pyridine rings is 1. The average Bonchev–Trinajstić information content (AvgIpc) is 2.66. The van der Waals surface area contributed by atoms with Crippen LogP contribution in [0.4, 0.5) is 5.82 Å². The summed E-state index contributed by atoms with van der Waals surface area (Å²) in [5.41, 5.74) is 3.44. The Bertz CT molecular complexity index is 851. The van der Waals surface area contributed by atoms with E-state index in [9.17, 15) is 4.79 Å². The molecular formula is C19H19N5O. The molecule has 0 saturated carbocycles. The number of nitrogens with one attached hydrogen (secondary N) is 2. The monoisotopic (exact) mass is 333 g/mol. The van der Waals surface area contributed by atoms with Crippen molar-refractivity contribution in [1.29, 1.82) is 0 Å². The summed E-state index contributed by atoms with van der Waals surface area (Å²) in [6.07, 6.45) is 3.12. The Morgan fingerprint density at radius 3 is 2.64 bits per heavy atom. The minimum absolute atomic E-state index is 0.230. The largest absolute Gasteiger partial charge is 0.364 e. The van der Waals surface area contributed by atoms with Crippen molar-refractivity contribution in [3.05, 3.63) is 83.6 Å². The normalized spacial score (nSPS) is 10.3. The molecule has 2 aromatic heterocycles. The van der Waals surface area contributed by atoms with E-state index in [2.05, 4.69) is 25.6 Å². The Morgan fingerprint density at radius 1 is 1.00 bits per heavy atom. The summed E-state index contributed by atoms with van der Waals surface area (Å²) in [5, 5.41) is 6.03. The Kier molecular flexibility index (Phi) is 5.31. The van der Waals surface area contributed by atoms with E-state index in [1.54, 1.807) is 12.3 Å². The molecule has 6 nitrogen and oxygen atoms in total. The number of aryl methyl sites for hydroxylation is 1. The van der Waals surface area contributed by atoms with Gasteiger partial charge in [0.05, 0.1) is 12.2 Å². The molecule has 0 bridgehead atoms. The van der Waals surface area contributed by atoms with Crippen molar-refractivity contribution >= 4 is 11.7 Å². The van der Waals surface area contributed by atoms with Gasteiger partial charge in [-0.2, -0.15) is 0 Å². The van der Waals surface area contributed by atoms with Gasteiger partial charge in [-0.1, -0.05) is 30.3 Å². The van der Waals surface area contributed by atoms with Crippen LogP contribution in [-0.4, -0.2) is 20.9 Å². The van der Waals surface area contributed by atoms with E-state index < -0.39 is 0 Å². The zero-order chi connectivity index (χ0) is 17.5. The molecule has 0 fully saturated rings. The predicted octanol–water partition coefficient (Wildman–Crippen LogP) is 2.72. The van der Waals surface area contributed by atoms with Crippen LogP contribution in [0, 0.1) is 6.92 Å². The van der Waals surface area contributed by atoms with Gasteiger partial charge in [-0.25, -0.2) is 9.97 Å². The van der Waals surface area contributed by atoms with Gasteiger partial charge in [0.1, 0.15) is 17.8 Å². The number of benzene rings is 1. The second kappa shape index (κ2) is 8.01. The Balaban J connectivity index is 1.60. The maximum Gasteiger partial charge on any atom is 0.270 e. The highest BCUT2D eigenvalue weighted by Crippen LogP contribution is 2.08. The SMILES string of the molecule is Cc1ccccc1CNC(=O)c1cc(NCc2ccccn2)ncn1. The number of nitrogens with zero attached hydrogens (tertiary/aromatic N) is 3. The van der Waals surface area contributed by atoms with Crippen LogP contribution >= 0.6 is 0 Å². The van der Waals surface area contributed by atoms with Crippen LogP contribution in [0.15, 0.2) is 61.1 Å². The Labute approximate surface area is 146 Å². The summed E-state index contributed by atoms with van der Waals surface area (Å²) < 4.78 is 0. The smallest absolute Gasteiger partial charge is 0.270 e. The van der Waals surface area contributed by atoms with Gasteiger partial charge in [-0.05, 0) is 30.2 Å². The summed E-state index contributed by atoms with van der Waals surface area (Å²) in [4.78, 5) is 24.7. The first-order valence-electron chi connectivity index (χ1n) is 8.01. The van der Waals surface area contributed by atoms with Crippen molar-refractivity contribution in [3.8, 4) is 0 Å². The molecule has 1 aromatic carbocycles. The van der Waals surface area contributed by atoms with Crippen LogP contribution in [0.25, 0.3) is 0 Å². The highest BCUT2D eigenvalue weighted by atomic mass is 16.1. The minimum Gasteiger partial charge on any atom is -0.364 e. The van der Waals surface area contributed by atoms with Gasteiger partial charge in [0, 0.05) is 18.8 Å². The van der Waals surface area contributed by atoms with Gasteiger partial charge in [-0.15, -0.1) is 0 Å². The number of carbonyl (C=O) groups excluding carboxylic acids is 1. The third-order valence-electron chi connectivity index (χ3n) is 3.78. The number of carbonyl (C=O) groups is 1. The molecule has 0 unspecified atom stereocenters. The van der Waals surface area contributed by atoms with Crippen LogP contribution in [0.5, 0.6) is 0 Å². The fraction of sp³-hybridized carbons (Fsp3) is 0.158. The van der Waals surface area contributed by atoms with Crippen molar-refractivity contribution < 1.29 is 4.79 Å². The van der Waals surface area contributed by atoms with Crippen LogP contribution in [0.3, 0.4) is 0 Å².